The second-order valence-electron chi connectivity index (χ2n) is 6.74. The molecule has 1 aliphatic rings. The summed E-state index contributed by atoms with van der Waals surface area (Å²) in [7, 11) is 0. The summed E-state index contributed by atoms with van der Waals surface area (Å²) in [6, 6.07) is 14.8. The van der Waals surface area contributed by atoms with Crippen LogP contribution in [0.1, 0.15) is 23.4 Å². The van der Waals surface area contributed by atoms with Gasteiger partial charge in [-0.05, 0) is 54.8 Å². The molecule has 5 nitrogen and oxygen atoms in total. The van der Waals surface area contributed by atoms with E-state index in [0.717, 1.165) is 9.35 Å². The summed E-state index contributed by atoms with van der Waals surface area (Å²) in [4.78, 5) is 28.3. The number of rotatable bonds is 5. The summed E-state index contributed by atoms with van der Waals surface area (Å²) in [5.41, 5.74) is 0.930. The van der Waals surface area contributed by atoms with Crippen LogP contribution in [0.3, 0.4) is 0 Å². The van der Waals surface area contributed by atoms with E-state index < -0.39 is 17.7 Å². The van der Waals surface area contributed by atoms with Crippen LogP contribution in [0.25, 0.3) is 5.76 Å². The third kappa shape index (κ3) is 4.01. The quantitative estimate of drug-likeness (QED) is 0.248. The Morgan fingerprint density at radius 3 is 2.68 bits per heavy atom. The normalized spacial score (nSPS) is 17.9. The fourth-order valence-corrected chi connectivity index (χ4v) is 4.90. The van der Waals surface area contributed by atoms with Gasteiger partial charge in [-0.25, -0.2) is 0 Å². The molecular formula is C23H17BrClNO4S. The topological polar surface area (TPSA) is 66.8 Å². The first-order chi connectivity index (χ1) is 14.9. The lowest BCUT2D eigenvalue weighted by Crippen LogP contribution is -2.29. The molecule has 8 heteroatoms. The summed E-state index contributed by atoms with van der Waals surface area (Å²) in [6.45, 7) is 2.22. The smallest absolute Gasteiger partial charge is 0.300 e. The number of anilines is 1. The van der Waals surface area contributed by atoms with E-state index in [-0.39, 0.29) is 11.3 Å². The zero-order valence-corrected chi connectivity index (χ0v) is 19.5. The summed E-state index contributed by atoms with van der Waals surface area (Å²) < 4.78 is 6.28. The average Bonchev–Trinajstić information content (AvgIpc) is 3.36. The largest absolute Gasteiger partial charge is 0.507 e. The molecule has 1 atom stereocenters. The Kier molecular flexibility index (Phi) is 6.18. The molecule has 2 heterocycles. The standard InChI is InChI=1S/C23H17BrClNO4S/c1-2-30-17-11-13(8-9-16(17)25)21(27)19-20(18-7-4-10-31-18)26(23(29)22(19)28)15-6-3-5-14(24)12-15/h3-12,20,27H,2H2,1H3/b21-19-. The van der Waals surface area contributed by atoms with E-state index in [9.17, 15) is 14.7 Å². The molecule has 1 fully saturated rings. The zero-order valence-electron chi connectivity index (χ0n) is 16.3. The maximum Gasteiger partial charge on any atom is 0.300 e. The van der Waals surface area contributed by atoms with Gasteiger partial charge in [-0.1, -0.05) is 39.7 Å². The third-order valence-electron chi connectivity index (χ3n) is 4.85. The van der Waals surface area contributed by atoms with Gasteiger partial charge in [0.15, 0.2) is 0 Å². The number of halogens is 2. The van der Waals surface area contributed by atoms with Gasteiger partial charge < -0.3 is 9.84 Å². The zero-order chi connectivity index (χ0) is 22.1. The molecule has 1 unspecified atom stereocenters. The molecule has 31 heavy (non-hydrogen) atoms. The second kappa shape index (κ2) is 8.86. The predicted octanol–water partition coefficient (Wildman–Crippen LogP) is 6.19. The van der Waals surface area contributed by atoms with Gasteiger partial charge in [0.2, 0.25) is 0 Å². The van der Waals surface area contributed by atoms with Crippen LogP contribution in [0.2, 0.25) is 5.02 Å². The van der Waals surface area contributed by atoms with Crippen LogP contribution in [0.4, 0.5) is 5.69 Å². The van der Waals surface area contributed by atoms with Crippen LogP contribution in [0.5, 0.6) is 5.75 Å². The summed E-state index contributed by atoms with van der Waals surface area (Å²) >= 11 is 11.0. The van der Waals surface area contributed by atoms with Crippen LogP contribution in [-0.2, 0) is 9.59 Å². The van der Waals surface area contributed by atoms with E-state index in [4.69, 9.17) is 16.3 Å². The van der Waals surface area contributed by atoms with Crippen molar-refractivity contribution in [2.45, 2.75) is 13.0 Å². The fraction of sp³-hybridized carbons (Fsp3) is 0.130. The van der Waals surface area contributed by atoms with Gasteiger partial charge in [-0.2, -0.15) is 0 Å². The van der Waals surface area contributed by atoms with Gasteiger partial charge in [-0.3, -0.25) is 14.5 Å². The predicted molar refractivity (Wildman–Crippen MR) is 126 cm³/mol. The Morgan fingerprint density at radius 2 is 2.00 bits per heavy atom. The molecule has 1 N–H and O–H groups in total. The molecule has 3 aromatic rings. The van der Waals surface area contributed by atoms with E-state index >= 15 is 0 Å². The van der Waals surface area contributed by atoms with E-state index in [1.807, 2.05) is 30.5 Å². The van der Waals surface area contributed by atoms with Crippen LogP contribution in [-0.4, -0.2) is 23.4 Å². The number of Topliss-reactive ketones (excluding diaryl/α,β-unsaturated/α-hetero) is 1. The molecule has 1 amide bonds. The molecule has 0 bridgehead atoms. The monoisotopic (exact) mass is 517 g/mol. The van der Waals surface area contributed by atoms with Gasteiger partial charge in [0.25, 0.3) is 11.7 Å². The summed E-state index contributed by atoms with van der Waals surface area (Å²) in [5.74, 6) is -1.32. The highest BCUT2D eigenvalue weighted by Crippen LogP contribution is 2.44. The molecular weight excluding hydrogens is 502 g/mol. The minimum Gasteiger partial charge on any atom is -0.507 e. The lowest BCUT2D eigenvalue weighted by atomic mass is 9.99. The van der Waals surface area contributed by atoms with Crippen molar-refractivity contribution in [2.75, 3.05) is 11.5 Å². The van der Waals surface area contributed by atoms with Gasteiger partial charge in [0, 0.05) is 20.6 Å². The van der Waals surface area contributed by atoms with Crippen molar-refractivity contribution in [1.29, 1.82) is 0 Å². The highest BCUT2D eigenvalue weighted by atomic mass is 79.9. The number of ether oxygens (including phenoxy) is 1. The number of aliphatic hydroxyl groups excluding tert-OH is 1. The number of hydrogen-bond acceptors (Lipinski definition) is 5. The van der Waals surface area contributed by atoms with Crippen molar-refractivity contribution in [2.24, 2.45) is 0 Å². The number of nitrogens with zero attached hydrogens (tertiary/aromatic N) is 1. The Morgan fingerprint density at radius 1 is 1.19 bits per heavy atom. The lowest BCUT2D eigenvalue weighted by Gasteiger charge is -2.24. The van der Waals surface area contributed by atoms with Crippen molar-refractivity contribution >= 4 is 62.0 Å². The van der Waals surface area contributed by atoms with E-state index in [1.165, 1.54) is 16.2 Å². The molecule has 0 saturated carbocycles. The minimum absolute atomic E-state index is 0.0252. The van der Waals surface area contributed by atoms with E-state index in [2.05, 4.69) is 15.9 Å². The van der Waals surface area contributed by atoms with Crippen molar-refractivity contribution in [3.63, 3.8) is 0 Å². The Balaban J connectivity index is 1.91. The summed E-state index contributed by atoms with van der Waals surface area (Å²) in [6.07, 6.45) is 0. The molecule has 158 valence electrons. The Labute approximate surface area is 196 Å². The number of thiophene rings is 1. The SMILES string of the molecule is CCOc1cc(/C(O)=C2/C(=O)C(=O)N(c3cccc(Br)c3)C2c2cccs2)ccc1Cl. The van der Waals surface area contributed by atoms with Crippen LogP contribution in [0, 0.1) is 0 Å². The van der Waals surface area contributed by atoms with Crippen molar-refractivity contribution in [3.05, 3.63) is 85.5 Å². The first-order valence-corrected chi connectivity index (χ1v) is 11.5. The number of amides is 1. The second-order valence-corrected chi connectivity index (χ2v) is 9.04. The molecule has 1 aliphatic heterocycles. The van der Waals surface area contributed by atoms with Crippen molar-refractivity contribution in [1.82, 2.24) is 0 Å². The molecule has 0 radical (unpaired) electrons. The third-order valence-corrected chi connectivity index (χ3v) is 6.58. The molecule has 2 aromatic carbocycles. The number of ketones is 1. The van der Waals surface area contributed by atoms with Gasteiger partial charge >= 0.3 is 0 Å². The highest BCUT2D eigenvalue weighted by molar-refractivity contribution is 9.10. The minimum atomic E-state index is -0.750. The molecule has 1 aromatic heterocycles. The molecule has 0 spiro atoms. The molecule has 4 rings (SSSR count). The Bertz CT molecular complexity index is 1190. The Hall–Kier alpha value is -2.61. The lowest BCUT2D eigenvalue weighted by molar-refractivity contribution is -0.132. The maximum absolute atomic E-state index is 13.1. The van der Waals surface area contributed by atoms with E-state index in [0.29, 0.717) is 28.6 Å². The molecule has 0 aliphatic carbocycles. The highest BCUT2D eigenvalue weighted by Gasteiger charge is 2.47. The number of hydrogen-bond donors (Lipinski definition) is 1. The van der Waals surface area contributed by atoms with Crippen LogP contribution < -0.4 is 9.64 Å². The van der Waals surface area contributed by atoms with Crippen molar-refractivity contribution in [3.8, 4) is 5.75 Å². The average molecular weight is 519 g/mol. The van der Waals surface area contributed by atoms with Crippen molar-refractivity contribution < 1.29 is 19.4 Å². The van der Waals surface area contributed by atoms with E-state index in [1.54, 1.807) is 36.4 Å². The van der Waals surface area contributed by atoms with Gasteiger partial charge in [0.05, 0.1) is 17.2 Å². The number of carbonyl (C=O) groups excluding carboxylic acids is 2. The van der Waals surface area contributed by atoms with Crippen LogP contribution in [0.15, 0.2) is 70.0 Å². The summed E-state index contributed by atoms with van der Waals surface area (Å²) in [5, 5.41) is 13.4. The first kappa shape index (κ1) is 21.6. The molecule has 1 saturated heterocycles. The fourth-order valence-electron chi connectivity index (χ4n) is 3.51. The first-order valence-electron chi connectivity index (χ1n) is 9.45. The maximum atomic E-state index is 13.1. The van der Waals surface area contributed by atoms with Gasteiger partial charge in [-0.15, -0.1) is 11.3 Å². The number of aliphatic hydroxyl groups is 1. The number of benzene rings is 2. The number of carbonyl (C=O) groups is 2. The van der Waals surface area contributed by atoms with Gasteiger partial charge in [0.1, 0.15) is 17.6 Å². The van der Waals surface area contributed by atoms with Crippen LogP contribution >= 0.6 is 38.9 Å².